The Labute approximate surface area is 87.9 Å². The number of hydrogen-bond acceptors (Lipinski definition) is 2. The molecule has 0 fully saturated rings. The number of rotatable bonds is 2. The fourth-order valence-electron chi connectivity index (χ4n) is 1.16. The molecule has 1 unspecified atom stereocenters. The molecule has 0 aliphatic carbocycles. The first-order valence-corrected chi connectivity index (χ1v) is 5.04. The molecule has 0 bridgehead atoms. The van der Waals surface area contributed by atoms with Gasteiger partial charge in [-0.15, -0.1) is 0 Å². The summed E-state index contributed by atoms with van der Waals surface area (Å²) in [7, 11) is 4.04. The molecule has 0 amide bonds. The smallest absolute Gasteiger partial charge is 0.0372 e. The Morgan fingerprint density at radius 2 is 2.00 bits per heavy atom. The van der Waals surface area contributed by atoms with Crippen molar-refractivity contribution in [3.8, 4) is 0 Å². The van der Waals surface area contributed by atoms with Gasteiger partial charge in [-0.2, -0.15) is 0 Å². The second-order valence-corrected chi connectivity index (χ2v) is 4.24. The lowest BCUT2D eigenvalue weighted by Gasteiger charge is -2.15. The molecule has 2 N–H and O–H groups in total. The predicted molar refractivity (Wildman–Crippen MR) is 61.1 cm³/mol. The summed E-state index contributed by atoms with van der Waals surface area (Å²) >= 11 is 3.51. The molecule has 0 aliphatic heterocycles. The molecule has 0 saturated carbocycles. The molecule has 0 saturated heterocycles. The summed E-state index contributed by atoms with van der Waals surface area (Å²) in [5.74, 6) is 0. The Morgan fingerprint density at radius 3 is 2.38 bits per heavy atom. The minimum absolute atomic E-state index is 0.0746. The summed E-state index contributed by atoms with van der Waals surface area (Å²) in [6, 6.07) is 6.29. The maximum absolute atomic E-state index is 5.80. The number of benzene rings is 1. The molecule has 1 aromatic rings. The fraction of sp³-hybridized carbons (Fsp3) is 0.400. The van der Waals surface area contributed by atoms with E-state index in [2.05, 4.69) is 39.0 Å². The molecule has 3 heteroatoms. The van der Waals surface area contributed by atoms with E-state index < -0.39 is 0 Å². The Morgan fingerprint density at radius 1 is 1.38 bits per heavy atom. The lowest BCUT2D eigenvalue weighted by Crippen LogP contribution is -2.10. The zero-order valence-electron chi connectivity index (χ0n) is 8.21. The summed E-state index contributed by atoms with van der Waals surface area (Å²) in [5, 5.41) is 0. The Bertz CT molecular complexity index is 295. The van der Waals surface area contributed by atoms with Crippen molar-refractivity contribution in [3.05, 3.63) is 28.2 Å². The highest BCUT2D eigenvalue weighted by atomic mass is 79.9. The molecule has 0 aliphatic rings. The number of nitrogens with two attached hydrogens (primary N) is 1. The molecule has 0 radical (unpaired) electrons. The normalized spacial score (nSPS) is 12.7. The number of halogens is 1. The third-order valence-electron chi connectivity index (χ3n) is 1.99. The van der Waals surface area contributed by atoms with Gasteiger partial charge >= 0.3 is 0 Å². The van der Waals surface area contributed by atoms with E-state index in [0.29, 0.717) is 0 Å². The van der Waals surface area contributed by atoms with Gasteiger partial charge in [0, 0.05) is 30.3 Å². The standard InChI is InChI=1S/C10H15BrN2/c1-7(12)9-5-4-8(13(2)3)6-10(9)11/h4-7H,12H2,1-3H3. The molecule has 1 atom stereocenters. The van der Waals surface area contributed by atoms with Gasteiger partial charge in [0.05, 0.1) is 0 Å². The molecule has 13 heavy (non-hydrogen) atoms. The SMILES string of the molecule is CC(N)c1ccc(N(C)C)cc1Br. The predicted octanol–water partition coefficient (Wildman–Crippen LogP) is 2.53. The number of hydrogen-bond donors (Lipinski definition) is 1. The van der Waals surface area contributed by atoms with E-state index in [0.717, 1.165) is 10.0 Å². The minimum Gasteiger partial charge on any atom is -0.378 e. The highest BCUT2D eigenvalue weighted by Gasteiger charge is 2.05. The van der Waals surface area contributed by atoms with Crippen LogP contribution in [0.15, 0.2) is 22.7 Å². The van der Waals surface area contributed by atoms with Crippen LogP contribution in [0.4, 0.5) is 5.69 Å². The average molecular weight is 243 g/mol. The first-order chi connectivity index (χ1) is 6.02. The van der Waals surface area contributed by atoms with Crippen molar-refractivity contribution in [1.29, 1.82) is 0 Å². The van der Waals surface area contributed by atoms with Crippen LogP contribution in [0.25, 0.3) is 0 Å². The lowest BCUT2D eigenvalue weighted by molar-refractivity contribution is 0.813. The zero-order chi connectivity index (χ0) is 10.0. The van der Waals surface area contributed by atoms with Crippen LogP contribution in [0.5, 0.6) is 0 Å². The largest absolute Gasteiger partial charge is 0.378 e. The zero-order valence-corrected chi connectivity index (χ0v) is 9.80. The van der Waals surface area contributed by atoms with E-state index >= 15 is 0 Å². The molecule has 72 valence electrons. The van der Waals surface area contributed by atoms with Crippen molar-refractivity contribution >= 4 is 21.6 Å². The Hall–Kier alpha value is -0.540. The molecule has 0 aromatic heterocycles. The summed E-state index contributed by atoms with van der Waals surface area (Å²) in [6.07, 6.45) is 0. The topological polar surface area (TPSA) is 29.3 Å². The van der Waals surface area contributed by atoms with Crippen LogP contribution in [0.3, 0.4) is 0 Å². The van der Waals surface area contributed by atoms with Crippen molar-refractivity contribution in [3.63, 3.8) is 0 Å². The van der Waals surface area contributed by atoms with Gasteiger partial charge in [0.1, 0.15) is 0 Å². The van der Waals surface area contributed by atoms with E-state index in [1.807, 2.05) is 21.0 Å². The first-order valence-electron chi connectivity index (χ1n) is 4.24. The van der Waals surface area contributed by atoms with E-state index in [1.165, 1.54) is 5.69 Å². The van der Waals surface area contributed by atoms with E-state index in [-0.39, 0.29) is 6.04 Å². The maximum Gasteiger partial charge on any atom is 0.0372 e. The van der Waals surface area contributed by atoms with Crippen molar-refractivity contribution in [2.45, 2.75) is 13.0 Å². The maximum atomic E-state index is 5.80. The van der Waals surface area contributed by atoms with E-state index in [1.54, 1.807) is 0 Å². The molecule has 1 aromatic carbocycles. The summed E-state index contributed by atoms with van der Waals surface area (Å²) < 4.78 is 1.08. The van der Waals surface area contributed by atoms with Crippen molar-refractivity contribution in [2.24, 2.45) is 5.73 Å². The van der Waals surface area contributed by atoms with Crippen LogP contribution in [0.2, 0.25) is 0 Å². The molecular formula is C10H15BrN2. The number of anilines is 1. The van der Waals surface area contributed by atoms with Gasteiger partial charge in [0.2, 0.25) is 0 Å². The van der Waals surface area contributed by atoms with Gasteiger partial charge < -0.3 is 10.6 Å². The fourth-order valence-corrected chi connectivity index (χ4v) is 1.89. The first kappa shape index (κ1) is 10.5. The molecule has 0 spiro atoms. The summed E-state index contributed by atoms with van der Waals surface area (Å²) in [5.41, 5.74) is 8.12. The van der Waals surface area contributed by atoms with Crippen LogP contribution in [0.1, 0.15) is 18.5 Å². The molecular weight excluding hydrogens is 228 g/mol. The van der Waals surface area contributed by atoms with Crippen molar-refractivity contribution in [2.75, 3.05) is 19.0 Å². The van der Waals surface area contributed by atoms with Gasteiger partial charge in [-0.05, 0) is 24.6 Å². The monoisotopic (exact) mass is 242 g/mol. The van der Waals surface area contributed by atoms with Gasteiger partial charge in [-0.25, -0.2) is 0 Å². The van der Waals surface area contributed by atoms with Gasteiger partial charge in [0.25, 0.3) is 0 Å². The third-order valence-corrected chi connectivity index (χ3v) is 2.68. The lowest BCUT2D eigenvalue weighted by atomic mass is 10.1. The van der Waals surface area contributed by atoms with Crippen LogP contribution < -0.4 is 10.6 Å². The van der Waals surface area contributed by atoms with Crippen LogP contribution >= 0.6 is 15.9 Å². The van der Waals surface area contributed by atoms with Crippen LogP contribution in [0, 0.1) is 0 Å². The number of nitrogens with zero attached hydrogens (tertiary/aromatic N) is 1. The van der Waals surface area contributed by atoms with E-state index in [9.17, 15) is 0 Å². The molecule has 2 nitrogen and oxygen atoms in total. The highest BCUT2D eigenvalue weighted by Crippen LogP contribution is 2.26. The third kappa shape index (κ3) is 2.45. The van der Waals surface area contributed by atoms with Gasteiger partial charge in [0.15, 0.2) is 0 Å². The van der Waals surface area contributed by atoms with Gasteiger partial charge in [-0.3, -0.25) is 0 Å². The quantitative estimate of drug-likeness (QED) is 0.864. The summed E-state index contributed by atoms with van der Waals surface area (Å²) in [6.45, 7) is 1.98. The second-order valence-electron chi connectivity index (χ2n) is 3.39. The van der Waals surface area contributed by atoms with Crippen molar-refractivity contribution < 1.29 is 0 Å². The molecule has 0 heterocycles. The average Bonchev–Trinajstić information content (AvgIpc) is 2.03. The minimum atomic E-state index is 0.0746. The summed E-state index contributed by atoms with van der Waals surface area (Å²) in [4.78, 5) is 2.07. The Kier molecular flexibility index (Phi) is 3.33. The highest BCUT2D eigenvalue weighted by molar-refractivity contribution is 9.10. The Balaban J connectivity index is 3.06. The second kappa shape index (κ2) is 4.11. The van der Waals surface area contributed by atoms with Crippen LogP contribution in [-0.4, -0.2) is 14.1 Å². The molecule has 1 rings (SSSR count). The van der Waals surface area contributed by atoms with Crippen LogP contribution in [-0.2, 0) is 0 Å². The van der Waals surface area contributed by atoms with Crippen molar-refractivity contribution in [1.82, 2.24) is 0 Å². The van der Waals surface area contributed by atoms with E-state index in [4.69, 9.17) is 5.73 Å². The van der Waals surface area contributed by atoms with Gasteiger partial charge in [-0.1, -0.05) is 22.0 Å².